The van der Waals surface area contributed by atoms with Gasteiger partial charge in [0.1, 0.15) is 0 Å². The minimum Gasteiger partial charge on any atom is -0.379 e. The highest BCUT2D eigenvalue weighted by atomic mass is 16.5. The number of carbonyl (C=O) groups excluding carboxylic acids is 1. The summed E-state index contributed by atoms with van der Waals surface area (Å²) in [5.41, 5.74) is 3.40. The van der Waals surface area contributed by atoms with Gasteiger partial charge in [-0.15, -0.1) is 0 Å². The molecule has 1 amide bonds. The Morgan fingerprint density at radius 2 is 1.97 bits per heavy atom. The number of rotatable bonds is 7. The van der Waals surface area contributed by atoms with Crippen molar-refractivity contribution >= 4 is 5.91 Å². The van der Waals surface area contributed by atoms with Crippen LogP contribution >= 0.6 is 0 Å². The van der Waals surface area contributed by atoms with E-state index in [4.69, 9.17) is 4.74 Å². The van der Waals surface area contributed by atoms with Crippen LogP contribution in [0.1, 0.15) is 56.0 Å². The van der Waals surface area contributed by atoms with Crippen LogP contribution in [-0.4, -0.2) is 84.0 Å². The van der Waals surface area contributed by atoms with E-state index in [0.717, 1.165) is 96.8 Å². The standard InChI is InChI=1S/C25H43N5O2/c1-5-28-12-8-22-17-23(29-13-15-32-16-14-29)7-9-25(22,18-28)24(31)26-10-6-11-30-21(4)19(2)20(3)27-30/h22-23H,5-18H2,1-4H3,(H,26,31)/t22-,23+,25-/m1/s1. The summed E-state index contributed by atoms with van der Waals surface area (Å²) in [5, 5.41) is 7.99. The van der Waals surface area contributed by atoms with E-state index in [-0.39, 0.29) is 5.41 Å². The van der Waals surface area contributed by atoms with Crippen molar-refractivity contribution in [2.45, 2.75) is 72.4 Å². The molecule has 0 bridgehead atoms. The molecule has 3 fully saturated rings. The molecule has 0 aromatic carbocycles. The predicted octanol–water partition coefficient (Wildman–Crippen LogP) is 2.53. The number of fused-ring (bicyclic) bond motifs is 1. The van der Waals surface area contributed by atoms with Crippen LogP contribution < -0.4 is 5.32 Å². The molecule has 0 unspecified atom stereocenters. The fourth-order valence-corrected chi connectivity index (χ4v) is 6.24. The van der Waals surface area contributed by atoms with Gasteiger partial charge in [0.05, 0.1) is 24.3 Å². The Morgan fingerprint density at radius 1 is 1.19 bits per heavy atom. The lowest BCUT2D eigenvalue weighted by Gasteiger charge is -2.53. The molecule has 1 N–H and O–H groups in total. The maximum Gasteiger partial charge on any atom is 0.227 e. The summed E-state index contributed by atoms with van der Waals surface area (Å²) >= 11 is 0. The Morgan fingerprint density at radius 3 is 2.66 bits per heavy atom. The van der Waals surface area contributed by atoms with E-state index >= 15 is 0 Å². The third kappa shape index (κ3) is 4.75. The second-order valence-corrected chi connectivity index (χ2v) is 10.2. The minimum absolute atomic E-state index is 0.216. The molecular weight excluding hydrogens is 402 g/mol. The SMILES string of the molecule is CCN1CC[C@@H]2C[C@@H](N3CCOCC3)CC[C@@]2(C(=O)NCCCn2nc(C)c(C)c2C)C1. The third-order valence-electron chi connectivity index (χ3n) is 8.60. The van der Waals surface area contributed by atoms with Crippen LogP contribution in [0.4, 0.5) is 0 Å². The number of carbonyl (C=O) groups is 1. The van der Waals surface area contributed by atoms with Gasteiger partial charge in [-0.3, -0.25) is 14.4 Å². The lowest BCUT2D eigenvalue weighted by atomic mass is 9.61. The number of hydrogen-bond donors (Lipinski definition) is 1. The Kier molecular flexibility index (Phi) is 7.58. The number of morpholine rings is 1. The fourth-order valence-electron chi connectivity index (χ4n) is 6.24. The van der Waals surface area contributed by atoms with Gasteiger partial charge in [-0.1, -0.05) is 6.92 Å². The highest BCUT2D eigenvalue weighted by molar-refractivity contribution is 5.83. The number of aromatic nitrogens is 2. The van der Waals surface area contributed by atoms with Crippen molar-refractivity contribution in [1.82, 2.24) is 24.9 Å². The molecule has 7 nitrogen and oxygen atoms in total. The summed E-state index contributed by atoms with van der Waals surface area (Å²) in [6.45, 7) is 17.0. The van der Waals surface area contributed by atoms with E-state index in [2.05, 4.69) is 52.6 Å². The van der Waals surface area contributed by atoms with Gasteiger partial charge in [-0.2, -0.15) is 5.10 Å². The molecule has 32 heavy (non-hydrogen) atoms. The first-order chi connectivity index (χ1) is 15.4. The third-order valence-corrected chi connectivity index (χ3v) is 8.60. The van der Waals surface area contributed by atoms with Gasteiger partial charge in [0.25, 0.3) is 0 Å². The molecule has 2 saturated heterocycles. The maximum absolute atomic E-state index is 13.6. The monoisotopic (exact) mass is 445 g/mol. The average molecular weight is 446 g/mol. The number of piperidine rings is 1. The van der Waals surface area contributed by atoms with Crippen molar-refractivity contribution in [3.8, 4) is 0 Å². The second kappa shape index (κ2) is 10.2. The first-order valence-electron chi connectivity index (χ1n) is 12.8. The number of ether oxygens (including phenoxy) is 1. The molecule has 0 radical (unpaired) electrons. The van der Waals surface area contributed by atoms with Crippen molar-refractivity contribution in [2.75, 3.05) is 52.5 Å². The zero-order chi connectivity index (χ0) is 22.7. The van der Waals surface area contributed by atoms with Crippen LogP contribution in [-0.2, 0) is 16.1 Å². The quantitative estimate of drug-likeness (QED) is 0.654. The Balaban J connectivity index is 1.36. The number of nitrogens with zero attached hydrogens (tertiary/aromatic N) is 4. The smallest absolute Gasteiger partial charge is 0.227 e. The number of likely N-dealkylation sites (tertiary alicyclic amines) is 1. The van der Waals surface area contributed by atoms with Crippen molar-refractivity contribution < 1.29 is 9.53 Å². The van der Waals surface area contributed by atoms with E-state index < -0.39 is 0 Å². The fraction of sp³-hybridized carbons (Fsp3) is 0.840. The van der Waals surface area contributed by atoms with E-state index in [9.17, 15) is 4.79 Å². The zero-order valence-electron chi connectivity index (χ0n) is 20.7. The van der Waals surface area contributed by atoms with Crippen LogP contribution in [0.3, 0.4) is 0 Å². The largest absolute Gasteiger partial charge is 0.379 e. The molecule has 1 aliphatic carbocycles. The molecule has 3 atom stereocenters. The predicted molar refractivity (Wildman–Crippen MR) is 127 cm³/mol. The van der Waals surface area contributed by atoms with Gasteiger partial charge in [-0.25, -0.2) is 0 Å². The first kappa shape index (κ1) is 23.7. The molecule has 1 saturated carbocycles. The summed E-state index contributed by atoms with van der Waals surface area (Å²) in [4.78, 5) is 18.8. The normalized spacial score (nSPS) is 29.6. The summed E-state index contributed by atoms with van der Waals surface area (Å²) in [5.74, 6) is 0.788. The summed E-state index contributed by atoms with van der Waals surface area (Å²) in [7, 11) is 0. The van der Waals surface area contributed by atoms with Crippen LogP contribution in [0.15, 0.2) is 0 Å². The van der Waals surface area contributed by atoms with Crippen molar-refractivity contribution in [3.63, 3.8) is 0 Å². The maximum atomic E-state index is 13.6. The van der Waals surface area contributed by atoms with E-state index in [0.29, 0.717) is 17.9 Å². The van der Waals surface area contributed by atoms with Gasteiger partial charge in [0.15, 0.2) is 0 Å². The Labute approximate surface area is 193 Å². The molecule has 4 rings (SSSR count). The average Bonchev–Trinajstić information content (AvgIpc) is 3.07. The van der Waals surface area contributed by atoms with Crippen molar-refractivity contribution in [1.29, 1.82) is 0 Å². The molecule has 0 spiro atoms. The van der Waals surface area contributed by atoms with Gasteiger partial charge in [0, 0.05) is 44.5 Å². The molecule has 2 aliphatic heterocycles. The molecule has 3 aliphatic rings. The second-order valence-electron chi connectivity index (χ2n) is 10.2. The number of aryl methyl sites for hydroxylation is 2. The molecule has 180 valence electrons. The number of amides is 1. The van der Waals surface area contributed by atoms with E-state index in [1.807, 2.05) is 0 Å². The molecule has 1 aromatic rings. The molecular formula is C25H43N5O2. The zero-order valence-corrected chi connectivity index (χ0v) is 20.7. The molecule has 7 heteroatoms. The van der Waals surface area contributed by atoms with Gasteiger partial charge >= 0.3 is 0 Å². The Hall–Kier alpha value is -1.44. The lowest BCUT2D eigenvalue weighted by molar-refractivity contribution is -0.144. The highest BCUT2D eigenvalue weighted by Crippen LogP contribution is 2.47. The van der Waals surface area contributed by atoms with Gasteiger partial charge < -0.3 is 15.0 Å². The van der Waals surface area contributed by atoms with Crippen LogP contribution in [0.5, 0.6) is 0 Å². The van der Waals surface area contributed by atoms with Crippen LogP contribution in [0.2, 0.25) is 0 Å². The molecule has 3 heterocycles. The first-order valence-corrected chi connectivity index (χ1v) is 12.8. The summed E-state index contributed by atoms with van der Waals surface area (Å²) in [6.07, 6.45) is 5.37. The molecule has 1 aromatic heterocycles. The van der Waals surface area contributed by atoms with Gasteiger partial charge in [0.2, 0.25) is 5.91 Å². The number of hydrogen-bond acceptors (Lipinski definition) is 5. The number of nitrogens with one attached hydrogen (secondary N) is 1. The van der Waals surface area contributed by atoms with Crippen molar-refractivity contribution in [3.05, 3.63) is 17.0 Å². The topological polar surface area (TPSA) is 62.6 Å². The highest BCUT2D eigenvalue weighted by Gasteiger charge is 2.52. The van der Waals surface area contributed by atoms with Crippen LogP contribution in [0, 0.1) is 32.1 Å². The van der Waals surface area contributed by atoms with Crippen molar-refractivity contribution in [2.24, 2.45) is 11.3 Å². The van der Waals surface area contributed by atoms with E-state index in [1.54, 1.807) is 0 Å². The Bertz CT molecular complexity index is 788. The van der Waals surface area contributed by atoms with Gasteiger partial charge in [-0.05, 0) is 77.4 Å². The summed E-state index contributed by atoms with van der Waals surface area (Å²) < 4.78 is 7.66. The lowest BCUT2D eigenvalue weighted by Crippen LogP contribution is -2.60. The van der Waals surface area contributed by atoms with E-state index in [1.165, 1.54) is 11.3 Å². The van der Waals surface area contributed by atoms with Crippen LogP contribution in [0.25, 0.3) is 0 Å². The minimum atomic E-state index is -0.216. The summed E-state index contributed by atoms with van der Waals surface area (Å²) in [6, 6.07) is 0.618.